The Morgan fingerprint density at radius 2 is 2.00 bits per heavy atom. The van der Waals surface area contributed by atoms with Crippen molar-refractivity contribution in [3.05, 3.63) is 0 Å². The molecule has 2 aliphatic rings. The minimum Gasteiger partial charge on any atom is -0.351 e. The van der Waals surface area contributed by atoms with Gasteiger partial charge in [-0.15, -0.1) is 0 Å². The lowest BCUT2D eigenvalue weighted by Crippen LogP contribution is -2.45. The molecule has 14 heavy (non-hydrogen) atoms. The molecule has 0 spiro atoms. The molecule has 0 N–H and O–H groups in total. The number of nitrogens with zero attached hydrogens (tertiary/aromatic N) is 3. The van der Waals surface area contributed by atoms with Gasteiger partial charge in [-0.25, -0.2) is 4.99 Å². The van der Waals surface area contributed by atoms with Crippen molar-refractivity contribution in [1.82, 2.24) is 4.90 Å². The fourth-order valence-corrected chi connectivity index (χ4v) is 2.25. The van der Waals surface area contributed by atoms with E-state index in [-0.39, 0.29) is 5.84 Å². The van der Waals surface area contributed by atoms with Crippen LogP contribution >= 0.6 is 11.8 Å². The first-order chi connectivity index (χ1) is 6.79. The molecule has 6 heteroatoms. The van der Waals surface area contributed by atoms with Crippen LogP contribution in [0.4, 0.5) is 0 Å². The van der Waals surface area contributed by atoms with Crippen LogP contribution in [0.5, 0.6) is 0 Å². The van der Waals surface area contributed by atoms with E-state index in [0.717, 1.165) is 30.9 Å². The van der Waals surface area contributed by atoms with E-state index in [1.165, 1.54) is 0 Å². The number of aliphatic imine (C=N–C) groups is 2. The van der Waals surface area contributed by atoms with Gasteiger partial charge in [-0.2, -0.15) is 16.8 Å². The number of carbonyl (C=O) groups is 2. The molecule has 0 bridgehead atoms. The first-order valence-corrected chi connectivity index (χ1v) is 5.46. The Morgan fingerprint density at radius 1 is 1.29 bits per heavy atom. The fraction of sp³-hybridized carbons (Fsp3) is 0.500. The largest absolute Gasteiger partial charge is 0.351 e. The normalized spacial score (nSPS) is 22.6. The molecule has 0 radical (unpaired) electrons. The van der Waals surface area contributed by atoms with Crippen LogP contribution in [-0.2, 0) is 9.59 Å². The highest BCUT2D eigenvalue weighted by molar-refractivity contribution is 7.99. The Balaban J connectivity index is 2.16. The predicted molar refractivity (Wildman–Crippen MR) is 54.8 cm³/mol. The van der Waals surface area contributed by atoms with Crippen molar-refractivity contribution in [2.75, 3.05) is 24.6 Å². The van der Waals surface area contributed by atoms with Gasteiger partial charge in [0.25, 0.3) is 5.78 Å². The first-order valence-electron chi connectivity index (χ1n) is 4.31. The van der Waals surface area contributed by atoms with Crippen molar-refractivity contribution in [2.45, 2.75) is 0 Å². The first kappa shape index (κ1) is 9.39. The zero-order valence-corrected chi connectivity index (χ0v) is 8.29. The van der Waals surface area contributed by atoms with Gasteiger partial charge in [0.2, 0.25) is 0 Å². The number of hydrogen-bond donors (Lipinski definition) is 0. The average molecular weight is 211 g/mol. The van der Waals surface area contributed by atoms with Crippen molar-refractivity contribution in [3.8, 4) is 0 Å². The number of carbonyl (C=O) groups excluding carboxylic acids is 2. The predicted octanol–water partition coefficient (Wildman–Crippen LogP) is -0.429. The van der Waals surface area contributed by atoms with E-state index in [9.17, 15) is 9.59 Å². The SMILES string of the molecule is O=C1N=CN=C(N2CCSCC2)C1=O. The molecule has 2 heterocycles. The summed E-state index contributed by atoms with van der Waals surface area (Å²) < 4.78 is 0. The third kappa shape index (κ3) is 1.70. The summed E-state index contributed by atoms with van der Waals surface area (Å²) in [5.41, 5.74) is 0. The second-order valence-corrected chi connectivity index (χ2v) is 4.16. The maximum absolute atomic E-state index is 11.4. The zero-order chi connectivity index (χ0) is 9.97. The maximum atomic E-state index is 11.4. The molecule has 5 nitrogen and oxygen atoms in total. The second kappa shape index (κ2) is 3.91. The summed E-state index contributed by atoms with van der Waals surface area (Å²) in [4.78, 5) is 31.4. The van der Waals surface area contributed by atoms with E-state index in [0.29, 0.717) is 0 Å². The van der Waals surface area contributed by atoms with Crippen molar-refractivity contribution in [3.63, 3.8) is 0 Å². The van der Waals surface area contributed by atoms with E-state index in [1.54, 1.807) is 0 Å². The molecule has 1 saturated heterocycles. The molecule has 0 aromatic rings. The number of ketones is 1. The van der Waals surface area contributed by atoms with Crippen LogP contribution in [-0.4, -0.2) is 53.4 Å². The second-order valence-electron chi connectivity index (χ2n) is 2.93. The van der Waals surface area contributed by atoms with E-state index < -0.39 is 11.7 Å². The highest BCUT2D eigenvalue weighted by Crippen LogP contribution is 2.11. The molecular formula is C8H9N3O2S. The molecule has 0 aromatic carbocycles. The van der Waals surface area contributed by atoms with Gasteiger partial charge in [0.05, 0.1) is 0 Å². The van der Waals surface area contributed by atoms with Crippen molar-refractivity contribution in [2.24, 2.45) is 9.98 Å². The minimum atomic E-state index is -0.715. The van der Waals surface area contributed by atoms with Crippen LogP contribution in [0.2, 0.25) is 0 Å². The number of amidine groups is 1. The average Bonchev–Trinajstić information content (AvgIpc) is 2.23. The monoisotopic (exact) mass is 211 g/mol. The van der Waals surface area contributed by atoms with Gasteiger partial charge in [-0.1, -0.05) is 0 Å². The lowest BCUT2D eigenvalue weighted by Gasteiger charge is -2.28. The Labute approximate surface area is 85.3 Å². The summed E-state index contributed by atoms with van der Waals surface area (Å²) >= 11 is 1.84. The number of thioether (sulfide) groups is 1. The summed E-state index contributed by atoms with van der Waals surface area (Å²) in [7, 11) is 0. The summed E-state index contributed by atoms with van der Waals surface area (Å²) in [6.07, 6.45) is 1.15. The van der Waals surface area contributed by atoms with E-state index in [1.807, 2.05) is 16.7 Å². The Bertz CT molecular complexity index is 331. The summed E-state index contributed by atoms with van der Waals surface area (Å²) in [6.45, 7) is 1.55. The van der Waals surface area contributed by atoms with Crippen molar-refractivity contribution >= 4 is 35.6 Å². The number of hydrogen-bond acceptors (Lipinski definition) is 5. The van der Waals surface area contributed by atoms with Crippen molar-refractivity contribution < 1.29 is 9.59 Å². The van der Waals surface area contributed by atoms with Gasteiger partial charge in [-0.3, -0.25) is 9.59 Å². The molecule has 0 saturated carbocycles. The Hall–Kier alpha value is -1.17. The van der Waals surface area contributed by atoms with Crippen molar-refractivity contribution in [1.29, 1.82) is 0 Å². The molecule has 0 aliphatic carbocycles. The van der Waals surface area contributed by atoms with Gasteiger partial charge in [0, 0.05) is 24.6 Å². The van der Waals surface area contributed by atoms with Crippen LogP contribution < -0.4 is 0 Å². The molecule has 0 aromatic heterocycles. The van der Waals surface area contributed by atoms with E-state index >= 15 is 0 Å². The van der Waals surface area contributed by atoms with Gasteiger partial charge in [0.1, 0.15) is 6.34 Å². The highest BCUT2D eigenvalue weighted by atomic mass is 32.2. The van der Waals surface area contributed by atoms with E-state index in [4.69, 9.17) is 0 Å². The number of amides is 1. The molecule has 2 aliphatic heterocycles. The summed E-state index contributed by atoms with van der Waals surface area (Å²) in [5.74, 6) is 0.896. The molecule has 0 unspecified atom stereocenters. The number of rotatable bonds is 0. The number of Topliss-reactive ketones (excluding diaryl/α,β-unsaturated/α-hetero) is 1. The lowest BCUT2D eigenvalue weighted by atomic mass is 10.3. The maximum Gasteiger partial charge on any atom is 0.322 e. The smallest absolute Gasteiger partial charge is 0.322 e. The third-order valence-electron chi connectivity index (χ3n) is 2.06. The molecule has 2 rings (SSSR count). The molecule has 74 valence electrons. The molecule has 1 amide bonds. The highest BCUT2D eigenvalue weighted by Gasteiger charge is 2.28. The molecule has 1 fully saturated rings. The molecular weight excluding hydrogens is 202 g/mol. The van der Waals surface area contributed by atoms with Crippen LogP contribution in [0.15, 0.2) is 9.98 Å². The van der Waals surface area contributed by atoms with Gasteiger partial charge in [-0.05, 0) is 0 Å². The third-order valence-corrected chi connectivity index (χ3v) is 3.01. The topological polar surface area (TPSA) is 62.1 Å². The van der Waals surface area contributed by atoms with Crippen LogP contribution in [0.25, 0.3) is 0 Å². The fourth-order valence-electron chi connectivity index (χ4n) is 1.35. The lowest BCUT2D eigenvalue weighted by molar-refractivity contribution is -0.132. The van der Waals surface area contributed by atoms with E-state index in [2.05, 4.69) is 9.98 Å². The summed E-state index contributed by atoms with van der Waals surface area (Å²) in [5, 5.41) is 0. The Morgan fingerprint density at radius 3 is 2.71 bits per heavy atom. The van der Waals surface area contributed by atoms with Crippen LogP contribution in [0.3, 0.4) is 0 Å². The van der Waals surface area contributed by atoms with Crippen LogP contribution in [0.1, 0.15) is 0 Å². The standard InChI is InChI=1S/C8H9N3O2S/c12-6-7(9-5-10-8(6)13)11-1-3-14-4-2-11/h5H,1-4H2. The minimum absolute atomic E-state index is 0.255. The van der Waals surface area contributed by atoms with Gasteiger partial charge in [0.15, 0.2) is 5.84 Å². The zero-order valence-electron chi connectivity index (χ0n) is 7.47. The van der Waals surface area contributed by atoms with Crippen LogP contribution in [0, 0.1) is 0 Å². The van der Waals surface area contributed by atoms with Gasteiger partial charge < -0.3 is 4.90 Å². The summed E-state index contributed by atoms with van der Waals surface area (Å²) in [6, 6.07) is 0. The molecule has 0 atom stereocenters. The quantitative estimate of drug-likeness (QED) is 0.510. The Kier molecular flexibility index (Phi) is 2.62. The van der Waals surface area contributed by atoms with Gasteiger partial charge >= 0.3 is 5.91 Å².